The molecule has 3 aromatic carbocycles. The number of carbonyl (C=O) groups is 1. The normalized spacial score (nSPS) is 11.3. The zero-order valence-electron chi connectivity index (χ0n) is 12.1. The van der Waals surface area contributed by atoms with Gasteiger partial charge in [-0.05, 0) is 18.3 Å². The molecule has 3 aromatic rings. The molecule has 120 valence electrons. The number of phenols is 3. The number of aldehydes is 1. The van der Waals surface area contributed by atoms with E-state index < -0.39 is 5.75 Å². The molecule has 7 nitrogen and oxygen atoms in total. The van der Waals surface area contributed by atoms with E-state index in [4.69, 9.17) is 5.73 Å². The monoisotopic (exact) mass is 341 g/mol. The lowest BCUT2D eigenvalue weighted by Gasteiger charge is -2.13. The van der Waals surface area contributed by atoms with Gasteiger partial charge in [0.2, 0.25) is 5.11 Å². The van der Waals surface area contributed by atoms with Crippen LogP contribution >= 0.6 is 12.2 Å². The van der Waals surface area contributed by atoms with Crippen LogP contribution in [0.2, 0.25) is 0 Å². The summed E-state index contributed by atoms with van der Waals surface area (Å²) in [5.74, 6) is -1.06. The van der Waals surface area contributed by atoms with Gasteiger partial charge in [-0.15, -0.1) is 10.2 Å². The summed E-state index contributed by atoms with van der Waals surface area (Å²) in [4.78, 5) is 11.1. The molecule has 0 saturated carbocycles. The SMILES string of the molecule is NC(=S)N=Nc1c2ccccc2c(O)c2c(O)cc(C=O)c(O)c12. The Balaban J connectivity index is 2.64. The lowest BCUT2D eigenvalue weighted by Crippen LogP contribution is -2.01. The second-order valence-corrected chi connectivity index (χ2v) is 5.40. The highest BCUT2D eigenvalue weighted by molar-refractivity contribution is 7.80. The summed E-state index contributed by atoms with van der Waals surface area (Å²) in [5.41, 5.74) is 5.31. The van der Waals surface area contributed by atoms with Gasteiger partial charge in [0.25, 0.3) is 0 Å². The Bertz CT molecular complexity index is 1050. The summed E-state index contributed by atoms with van der Waals surface area (Å²) < 4.78 is 0. The van der Waals surface area contributed by atoms with Gasteiger partial charge in [-0.25, -0.2) is 0 Å². The van der Waals surface area contributed by atoms with Gasteiger partial charge in [0.15, 0.2) is 6.29 Å². The first-order valence-electron chi connectivity index (χ1n) is 6.74. The van der Waals surface area contributed by atoms with Crippen LogP contribution in [0.25, 0.3) is 21.5 Å². The number of aromatic hydroxyl groups is 3. The Morgan fingerprint density at radius 3 is 2.38 bits per heavy atom. The van der Waals surface area contributed by atoms with Crippen LogP contribution in [0, 0.1) is 0 Å². The molecule has 0 amide bonds. The third kappa shape index (κ3) is 2.29. The lowest BCUT2D eigenvalue weighted by molar-refractivity contribution is 0.112. The third-order valence-corrected chi connectivity index (χ3v) is 3.68. The molecule has 0 spiro atoms. The van der Waals surface area contributed by atoms with Crippen LogP contribution in [0.3, 0.4) is 0 Å². The van der Waals surface area contributed by atoms with Gasteiger partial charge >= 0.3 is 0 Å². The van der Waals surface area contributed by atoms with E-state index in [-0.39, 0.29) is 38.6 Å². The summed E-state index contributed by atoms with van der Waals surface area (Å²) in [6.07, 6.45) is 0.384. The van der Waals surface area contributed by atoms with Gasteiger partial charge in [-0.1, -0.05) is 24.3 Å². The van der Waals surface area contributed by atoms with Crippen molar-refractivity contribution in [2.75, 3.05) is 0 Å². The number of phenolic OH excluding ortho intramolecular Hbond substituents is 3. The molecule has 0 atom stereocenters. The molecule has 0 unspecified atom stereocenters. The Labute approximate surface area is 140 Å². The molecule has 24 heavy (non-hydrogen) atoms. The van der Waals surface area contributed by atoms with Crippen LogP contribution in [0.4, 0.5) is 5.69 Å². The summed E-state index contributed by atoms with van der Waals surface area (Å²) in [7, 11) is 0. The van der Waals surface area contributed by atoms with Crippen LogP contribution in [-0.4, -0.2) is 26.7 Å². The Hall–Kier alpha value is -3.26. The molecule has 5 N–H and O–H groups in total. The van der Waals surface area contributed by atoms with Crippen LogP contribution in [0.1, 0.15) is 10.4 Å². The number of azo groups is 1. The molecule has 0 aliphatic rings. The molecule has 0 bridgehead atoms. The van der Waals surface area contributed by atoms with E-state index >= 15 is 0 Å². The van der Waals surface area contributed by atoms with E-state index in [2.05, 4.69) is 22.4 Å². The molecule has 0 radical (unpaired) electrons. The summed E-state index contributed by atoms with van der Waals surface area (Å²) in [5, 5.41) is 39.2. The molecule has 0 saturated heterocycles. The fraction of sp³-hybridized carbons (Fsp3) is 0. The van der Waals surface area contributed by atoms with Crippen molar-refractivity contribution < 1.29 is 20.1 Å². The van der Waals surface area contributed by atoms with Gasteiger partial charge in [-0.2, -0.15) is 0 Å². The maximum Gasteiger partial charge on any atom is 0.211 e. The van der Waals surface area contributed by atoms with Gasteiger partial charge in [0, 0.05) is 10.8 Å². The van der Waals surface area contributed by atoms with Gasteiger partial charge < -0.3 is 21.1 Å². The Kier molecular flexibility index (Phi) is 3.74. The van der Waals surface area contributed by atoms with Crippen molar-refractivity contribution in [3.05, 3.63) is 35.9 Å². The standard InChI is InChI=1S/C16H11N3O4S/c17-16(24)19-18-13-8-3-1-2-4-9(8)15(23)11-10(21)5-7(6-20)14(22)12(11)13/h1-6,21-23H,(H2,17,24). The van der Waals surface area contributed by atoms with Crippen molar-refractivity contribution in [2.24, 2.45) is 16.0 Å². The molecular formula is C16H11N3O4S. The fourth-order valence-electron chi connectivity index (χ4n) is 2.61. The quantitative estimate of drug-likeness (QED) is 0.186. The average Bonchev–Trinajstić information content (AvgIpc) is 2.57. The predicted molar refractivity (Wildman–Crippen MR) is 93.1 cm³/mol. The van der Waals surface area contributed by atoms with Crippen LogP contribution in [-0.2, 0) is 0 Å². The average molecular weight is 341 g/mol. The molecule has 8 heteroatoms. The van der Waals surface area contributed by atoms with Gasteiger partial charge in [0.05, 0.1) is 16.3 Å². The predicted octanol–water partition coefficient (Wildman–Crippen LogP) is 3.25. The summed E-state index contributed by atoms with van der Waals surface area (Å²) >= 11 is 4.67. The largest absolute Gasteiger partial charge is 0.507 e. The summed E-state index contributed by atoms with van der Waals surface area (Å²) in [6.45, 7) is 0. The van der Waals surface area contributed by atoms with Crippen molar-refractivity contribution in [1.29, 1.82) is 0 Å². The van der Waals surface area contributed by atoms with E-state index in [1.807, 2.05) is 0 Å². The number of hydrogen-bond acceptors (Lipinski definition) is 6. The van der Waals surface area contributed by atoms with Gasteiger partial charge in [0.1, 0.15) is 22.9 Å². The Morgan fingerprint density at radius 2 is 1.75 bits per heavy atom. The molecule has 0 heterocycles. The zero-order chi connectivity index (χ0) is 17.4. The minimum Gasteiger partial charge on any atom is -0.507 e. The highest BCUT2D eigenvalue weighted by Crippen LogP contribution is 2.49. The molecular weight excluding hydrogens is 330 g/mol. The van der Waals surface area contributed by atoms with Crippen molar-refractivity contribution >= 4 is 50.8 Å². The lowest BCUT2D eigenvalue weighted by atomic mass is 9.96. The number of nitrogens with zero attached hydrogens (tertiary/aromatic N) is 2. The minimum absolute atomic E-state index is 0.0201. The van der Waals surface area contributed by atoms with E-state index in [0.717, 1.165) is 6.07 Å². The van der Waals surface area contributed by atoms with Crippen molar-refractivity contribution in [3.8, 4) is 17.2 Å². The maximum atomic E-state index is 11.1. The van der Waals surface area contributed by atoms with Crippen LogP contribution in [0.15, 0.2) is 40.6 Å². The van der Waals surface area contributed by atoms with Crippen LogP contribution in [0.5, 0.6) is 17.2 Å². The highest BCUT2D eigenvalue weighted by Gasteiger charge is 2.21. The van der Waals surface area contributed by atoms with E-state index in [1.54, 1.807) is 24.3 Å². The smallest absolute Gasteiger partial charge is 0.211 e. The minimum atomic E-state index is -0.434. The van der Waals surface area contributed by atoms with E-state index in [1.165, 1.54) is 0 Å². The molecule has 0 aliphatic heterocycles. The summed E-state index contributed by atoms with van der Waals surface area (Å²) in [6, 6.07) is 7.72. The number of thiocarbonyl (C=S) groups is 1. The number of fused-ring (bicyclic) bond motifs is 2. The molecule has 0 aliphatic carbocycles. The fourth-order valence-corrected chi connectivity index (χ4v) is 2.65. The molecule has 3 rings (SSSR count). The second kappa shape index (κ2) is 5.74. The Morgan fingerprint density at radius 1 is 1.08 bits per heavy atom. The van der Waals surface area contributed by atoms with Crippen molar-refractivity contribution in [1.82, 2.24) is 0 Å². The number of hydrogen-bond donors (Lipinski definition) is 4. The third-order valence-electron chi connectivity index (χ3n) is 3.60. The first-order valence-corrected chi connectivity index (χ1v) is 7.15. The number of nitrogens with two attached hydrogens (primary N) is 1. The topological polar surface area (TPSA) is 128 Å². The second-order valence-electron chi connectivity index (χ2n) is 4.98. The number of rotatable bonds is 2. The highest BCUT2D eigenvalue weighted by atomic mass is 32.1. The first kappa shape index (κ1) is 15.6. The maximum absolute atomic E-state index is 11.1. The van der Waals surface area contributed by atoms with Crippen molar-refractivity contribution in [3.63, 3.8) is 0 Å². The molecule has 0 aromatic heterocycles. The van der Waals surface area contributed by atoms with Crippen LogP contribution < -0.4 is 5.73 Å². The van der Waals surface area contributed by atoms with Gasteiger partial charge in [-0.3, -0.25) is 4.79 Å². The zero-order valence-corrected chi connectivity index (χ0v) is 12.9. The first-order chi connectivity index (χ1) is 11.5. The molecule has 0 fully saturated rings. The van der Waals surface area contributed by atoms with Crippen molar-refractivity contribution in [2.45, 2.75) is 0 Å². The number of carbonyl (C=O) groups excluding carboxylic acids is 1. The number of benzene rings is 3. The van der Waals surface area contributed by atoms with E-state index in [9.17, 15) is 20.1 Å². The van der Waals surface area contributed by atoms with E-state index in [0.29, 0.717) is 17.1 Å².